The minimum Gasteiger partial charge on any atom is -0.493 e. The smallest absolute Gasteiger partial charge is 0.166 e. The van der Waals surface area contributed by atoms with E-state index in [9.17, 15) is 0 Å². The Morgan fingerprint density at radius 3 is 2.71 bits per heavy atom. The van der Waals surface area contributed by atoms with Crippen LogP contribution in [0.15, 0.2) is 29.1 Å². The van der Waals surface area contributed by atoms with Gasteiger partial charge in [-0.1, -0.05) is 12.1 Å². The van der Waals surface area contributed by atoms with Crippen molar-refractivity contribution in [2.24, 2.45) is 0 Å². The zero-order chi connectivity index (χ0) is 15.3. The summed E-state index contributed by atoms with van der Waals surface area (Å²) in [6.07, 6.45) is 0. The summed E-state index contributed by atoms with van der Waals surface area (Å²) >= 11 is 1.57. The fraction of sp³-hybridized carbons (Fsp3) is 0.438. The fourth-order valence-corrected chi connectivity index (χ4v) is 2.38. The maximum absolute atomic E-state index is 5.95. The summed E-state index contributed by atoms with van der Waals surface area (Å²) in [6.45, 7) is 7.61. The molecule has 0 aliphatic heterocycles. The zero-order valence-electron chi connectivity index (χ0n) is 13.0. The number of nitrogens with zero attached hydrogens (tertiary/aromatic N) is 1. The van der Waals surface area contributed by atoms with Crippen molar-refractivity contribution in [3.63, 3.8) is 0 Å². The van der Waals surface area contributed by atoms with Crippen molar-refractivity contribution in [3.8, 4) is 11.5 Å². The van der Waals surface area contributed by atoms with Gasteiger partial charge in [0.25, 0.3) is 0 Å². The fourth-order valence-electron chi connectivity index (χ4n) is 1.84. The standard InChI is InChI=1S/C16H22N2O2S/c1-16(2,3)18-8-12-6-5-7-14(19-4)15(12)20-9-13-10-21-11-17-13/h5-7,10-11,18H,8-9H2,1-4H3. The number of thiazole rings is 1. The largest absolute Gasteiger partial charge is 0.493 e. The molecule has 0 saturated heterocycles. The molecule has 0 unspecified atom stereocenters. The number of para-hydroxylation sites is 1. The van der Waals surface area contributed by atoms with Crippen LogP contribution in [-0.4, -0.2) is 17.6 Å². The number of aromatic nitrogens is 1. The van der Waals surface area contributed by atoms with E-state index in [0.29, 0.717) is 6.61 Å². The van der Waals surface area contributed by atoms with Crippen LogP contribution in [-0.2, 0) is 13.2 Å². The molecule has 1 N–H and O–H groups in total. The first kappa shape index (κ1) is 15.8. The molecule has 1 heterocycles. The molecule has 0 spiro atoms. The molecule has 0 amide bonds. The van der Waals surface area contributed by atoms with Crippen LogP contribution >= 0.6 is 11.3 Å². The molecular weight excluding hydrogens is 284 g/mol. The summed E-state index contributed by atoms with van der Waals surface area (Å²) in [5.41, 5.74) is 3.87. The van der Waals surface area contributed by atoms with Crippen LogP contribution in [0.1, 0.15) is 32.0 Å². The first-order valence-corrected chi connectivity index (χ1v) is 7.84. The third-order valence-corrected chi connectivity index (χ3v) is 3.57. The molecule has 0 atom stereocenters. The van der Waals surface area contributed by atoms with Crippen LogP contribution in [0.4, 0.5) is 0 Å². The van der Waals surface area contributed by atoms with Crippen LogP contribution < -0.4 is 14.8 Å². The van der Waals surface area contributed by atoms with Crippen molar-refractivity contribution in [2.45, 2.75) is 39.5 Å². The zero-order valence-corrected chi connectivity index (χ0v) is 13.8. The molecule has 2 rings (SSSR count). The van der Waals surface area contributed by atoms with E-state index in [4.69, 9.17) is 9.47 Å². The van der Waals surface area contributed by atoms with Crippen LogP contribution in [0, 0.1) is 0 Å². The number of rotatable bonds is 6. The number of methoxy groups -OCH3 is 1. The van der Waals surface area contributed by atoms with Gasteiger partial charge in [-0.05, 0) is 26.8 Å². The number of ether oxygens (including phenoxy) is 2. The summed E-state index contributed by atoms with van der Waals surface area (Å²) < 4.78 is 11.4. The number of hydrogen-bond acceptors (Lipinski definition) is 5. The summed E-state index contributed by atoms with van der Waals surface area (Å²) in [7, 11) is 1.66. The van der Waals surface area contributed by atoms with Gasteiger partial charge < -0.3 is 14.8 Å². The van der Waals surface area contributed by atoms with Gasteiger partial charge in [-0.15, -0.1) is 11.3 Å². The second-order valence-electron chi connectivity index (χ2n) is 5.82. The second kappa shape index (κ2) is 6.91. The Kier molecular flexibility index (Phi) is 5.20. The van der Waals surface area contributed by atoms with E-state index in [2.05, 4.69) is 37.1 Å². The van der Waals surface area contributed by atoms with Crippen molar-refractivity contribution in [3.05, 3.63) is 40.3 Å². The van der Waals surface area contributed by atoms with Crippen molar-refractivity contribution in [1.29, 1.82) is 0 Å². The molecule has 0 aliphatic carbocycles. The molecule has 114 valence electrons. The first-order chi connectivity index (χ1) is 9.99. The third-order valence-electron chi connectivity index (χ3n) is 2.94. The quantitative estimate of drug-likeness (QED) is 0.885. The summed E-state index contributed by atoms with van der Waals surface area (Å²) in [4.78, 5) is 4.24. The molecular formula is C16H22N2O2S. The Balaban J connectivity index is 2.15. The number of nitrogens with one attached hydrogen (secondary N) is 1. The van der Waals surface area contributed by atoms with Gasteiger partial charge in [0.1, 0.15) is 6.61 Å². The van der Waals surface area contributed by atoms with E-state index in [1.54, 1.807) is 18.4 Å². The Bertz CT molecular complexity index is 562. The molecule has 1 aromatic heterocycles. The van der Waals surface area contributed by atoms with Gasteiger partial charge in [-0.25, -0.2) is 4.98 Å². The van der Waals surface area contributed by atoms with Crippen molar-refractivity contribution < 1.29 is 9.47 Å². The van der Waals surface area contributed by atoms with Crippen molar-refractivity contribution in [2.75, 3.05) is 7.11 Å². The van der Waals surface area contributed by atoms with Crippen molar-refractivity contribution in [1.82, 2.24) is 10.3 Å². The van der Waals surface area contributed by atoms with Crippen LogP contribution in [0.5, 0.6) is 11.5 Å². The highest BCUT2D eigenvalue weighted by Gasteiger charge is 2.14. The highest BCUT2D eigenvalue weighted by Crippen LogP contribution is 2.32. The molecule has 2 aromatic rings. The third kappa shape index (κ3) is 4.72. The summed E-state index contributed by atoms with van der Waals surface area (Å²) in [5, 5.41) is 5.46. The molecule has 4 nitrogen and oxygen atoms in total. The van der Waals surface area contributed by atoms with Gasteiger partial charge >= 0.3 is 0 Å². The van der Waals surface area contributed by atoms with Gasteiger partial charge in [0.15, 0.2) is 11.5 Å². The molecule has 1 aromatic carbocycles. The van der Waals surface area contributed by atoms with E-state index in [1.807, 2.05) is 23.0 Å². The lowest BCUT2D eigenvalue weighted by Gasteiger charge is -2.22. The monoisotopic (exact) mass is 306 g/mol. The maximum atomic E-state index is 5.95. The SMILES string of the molecule is COc1cccc(CNC(C)(C)C)c1OCc1cscn1. The maximum Gasteiger partial charge on any atom is 0.166 e. The van der Waals surface area contributed by atoms with E-state index in [-0.39, 0.29) is 5.54 Å². The predicted molar refractivity (Wildman–Crippen MR) is 86.0 cm³/mol. The van der Waals surface area contributed by atoms with E-state index in [1.165, 1.54) is 0 Å². The summed E-state index contributed by atoms with van der Waals surface area (Å²) in [5.74, 6) is 1.53. The average molecular weight is 306 g/mol. The van der Waals surface area contributed by atoms with Crippen LogP contribution in [0.25, 0.3) is 0 Å². The minimum absolute atomic E-state index is 0.0509. The molecule has 21 heavy (non-hydrogen) atoms. The van der Waals surface area contributed by atoms with Gasteiger partial charge in [-0.2, -0.15) is 0 Å². The Morgan fingerprint density at radius 1 is 1.29 bits per heavy atom. The molecule has 5 heteroatoms. The number of hydrogen-bond donors (Lipinski definition) is 1. The Morgan fingerprint density at radius 2 is 2.10 bits per heavy atom. The Hall–Kier alpha value is -1.59. The molecule has 0 radical (unpaired) electrons. The minimum atomic E-state index is 0.0509. The van der Waals surface area contributed by atoms with E-state index >= 15 is 0 Å². The normalized spacial score (nSPS) is 11.4. The molecule has 0 saturated carbocycles. The van der Waals surface area contributed by atoms with Crippen LogP contribution in [0.2, 0.25) is 0 Å². The van der Waals surface area contributed by atoms with E-state index < -0.39 is 0 Å². The molecule has 0 fully saturated rings. The van der Waals surface area contributed by atoms with E-state index in [0.717, 1.165) is 29.3 Å². The van der Waals surface area contributed by atoms with Crippen molar-refractivity contribution >= 4 is 11.3 Å². The summed E-state index contributed by atoms with van der Waals surface area (Å²) in [6, 6.07) is 5.95. The first-order valence-electron chi connectivity index (χ1n) is 6.90. The van der Waals surface area contributed by atoms with Gasteiger partial charge in [-0.3, -0.25) is 0 Å². The Labute approximate surface area is 130 Å². The lowest BCUT2D eigenvalue weighted by atomic mass is 10.1. The highest BCUT2D eigenvalue weighted by molar-refractivity contribution is 7.07. The lowest BCUT2D eigenvalue weighted by Crippen LogP contribution is -2.35. The second-order valence-corrected chi connectivity index (χ2v) is 6.54. The van der Waals surface area contributed by atoms with Crippen LogP contribution in [0.3, 0.4) is 0 Å². The van der Waals surface area contributed by atoms with Gasteiger partial charge in [0, 0.05) is 23.0 Å². The predicted octanol–water partition coefficient (Wildman–Crippen LogP) is 3.62. The topological polar surface area (TPSA) is 43.4 Å². The van der Waals surface area contributed by atoms with Gasteiger partial charge in [0.2, 0.25) is 0 Å². The molecule has 0 aliphatic rings. The highest BCUT2D eigenvalue weighted by atomic mass is 32.1. The number of benzene rings is 1. The average Bonchev–Trinajstić information content (AvgIpc) is 2.95. The lowest BCUT2D eigenvalue weighted by molar-refractivity contribution is 0.276. The van der Waals surface area contributed by atoms with Gasteiger partial charge in [0.05, 0.1) is 18.3 Å². The molecule has 0 bridgehead atoms.